The van der Waals surface area contributed by atoms with Gasteiger partial charge in [0, 0.05) is 38.1 Å². The number of halogens is 2. The van der Waals surface area contributed by atoms with Gasteiger partial charge in [-0.15, -0.1) is 12.4 Å². The highest BCUT2D eigenvalue weighted by Crippen LogP contribution is 2.21. The predicted molar refractivity (Wildman–Crippen MR) is 111 cm³/mol. The standard InChI is InChI=1S/C19H27ClN4O2.ClH/c1-14-12-15(6-7-21-14)19(26)24-10-8-23(9-11-24)13-18(25)22-17-5-3-2-4-16(17)20;/h2-5,14-15,21H,6-13H2,1H3,(H,22,25);1H/t14-,15-;/m0./s1. The molecule has 6 nitrogen and oxygen atoms in total. The maximum absolute atomic E-state index is 12.7. The van der Waals surface area contributed by atoms with E-state index < -0.39 is 0 Å². The maximum atomic E-state index is 12.7. The van der Waals surface area contributed by atoms with Crippen molar-refractivity contribution >= 4 is 41.5 Å². The van der Waals surface area contributed by atoms with Crippen molar-refractivity contribution in [2.75, 3.05) is 44.6 Å². The Morgan fingerprint density at radius 3 is 2.59 bits per heavy atom. The number of anilines is 1. The van der Waals surface area contributed by atoms with Crippen LogP contribution in [0.25, 0.3) is 0 Å². The van der Waals surface area contributed by atoms with Crippen molar-refractivity contribution in [1.82, 2.24) is 15.1 Å². The average molecular weight is 415 g/mol. The van der Waals surface area contributed by atoms with E-state index in [-0.39, 0.29) is 30.1 Å². The van der Waals surface area contributed by atoms with E-state index in [1.54, 1.807) is 12.1 Å². The van der Waals surface area contributed by atoms with Gasteiger partial charge in [0.25, 0.3) is 0 Å². The summed E-state index contributed by atoms with van der Waals surface area (Å²) in [6, 6.07) is 7.62. The van der Waals surface area contributed by atoms with Gasteiger partial charge in [0.2, 0.25) is 11.8 Å². The SMILES string of the molecule is C[C@H]1C[C@@H](C(=O)N2CCN(CC(=O)Nc3ccccc3Cl)CC2)CCN1.Cl. The molecule has 2 amide bonds. The Labute approximate surface area is 172 Å². The van der Waals surface area contributed by atoms with Crippen LogP contribution in [-0.2, 0) is 9.59 Å². The summed E-state index contributed by atoms with van der Waals surface area (Å²) in [4.78, 5) is 29.0. The maximum Gasteiger partial charge on any atom is 0.238 e. The van der Waals surface area contributed by atoms with Crippen molar-refractivity contribution in [3.05, 3.63) is 29.3 Å². The zero-order valence-corrected chi connectivity index (χ0v) is 17.2. The molecule has 2 N–H and O–H groups in total. The Hall–Kier alpha value is -1.34. The van der Waals surface area contributed by atoms with Crippen molar-refractivity contribution in [2.45, 2.75) is 25.8 Å². The highest BCUT2D eigenvalue weighted by atomic mass is 35.5. The van der Waals surface area contributed by atoms with Crippen LogP contribution < -0.4 is 10.6 Å². The van der Waals surface area contributed by atoms with E-state index in [9.17, 15) is 9.59 Å². The molecule has 2 aliphatic heterocycles. The molecule has 0 aliphatic carbocycles. The van der Waals surface area contributed by atoms with E-state index in [1.165, 1.54) is 0 Å². The molecule has 2 saturated heterocycles. The van der Waals surface area contributed by atoms with E-state index in [0.717, 1.165) is 32.5 Å². The number of benzene rings is 1. The first-order valence-corrected chi connectivity index (χ1v) is 9.69. The smallest absolute Gasteiger partial charge is 0.238 e. The third-order valence-corrected chi connectivity index (χ3v) is 5.50. The Kier molecular flexibility index (Phi) is 8.35. The fourth-order valence-electron chi connectivity index (χ4n) is 3.70. The van der Waals surface area contributed by atoms with Gasteiger partial charge in [-0.05, 0) is 38.4 Å². The second-order valence-electron chi connectivity index (χ2n) is 7.21. The number of para-hydroxylation sites is 1. The van der Waals surface area contributed by atoms with Crippen LogP contribution in [0.2, 0.25) is 5.02 Å². The lowest BCUT2D eigenvalue weighted by Gasteiger charge is -2.37. The zero-order valence-electron chi connectivity index (χ0n) is 15.6. The molecule has 0 saturated carbocycles. The lowest BCUT2D eigenvalue weighted by molar-refractivity contribution is -0.138. The van der Waals surface area contributed by atoms with Gasteiger partial charge in [-0.2, -0.15) is 0 Å². The topological polar surface area (TPSA) is 64.7 Å². The number of hydrogen-bond donors (Lipinski definition) is 2. The number of hydrogen-bond acceptors (Lipinski definition) is 4. The van der Waals surface area contributed by atoms with Crippen molar-refractivity contribution < 1.29 is 9.59 Å². The molecule has 8 heteroatoms. The van der Waals surface area contributed by atoms with Crippen molar-refractivity contribution in [1.29, 1.82) is 0 Å². The van der Waals surface area contributed by atoms with E-state index in [1.807, 2.05) is 17.0 Å². The Morgan fingerprint density at radius 1 is 1.22 bits per heavy atom. The highest BCUT2D eigenvalue weighted by molar-refractivity contribution is 6.33. The van der Waals surface area contributed by atoms with Crippen LogP contribution in [0, 0.1) is 5.92 Å². The van der Waals surface area contributed by atoms with Crippen LogP contribution in [0.15, 0.2) is 24.3 Å². The zero-order chi connectivity index (χ0) is 18.5. The fraction of sp³-hybridized carbons (Fsp3) is 0.579. The Balaban J connectivity index is 0.00000261. The average Bonchev–Trinajstić information content (AvgIpc) is 2.64. The fourth-order valence-corrected chi connectivity index (χ4v) is 3.88. The monoisotopic (exact) mass is 414 g/mol. The molecule has 0 aromatic heterocycles. The molecule has 3 rings (SSSR count). The summed E-state index contributed by atoms with van der Waals surface area (Å²) in [7, 11) is 0. The van der Waals surface area contributed by atoms with Crippen LogP contribution in [0.5, 0.6) is 0 Å². The number of piperazine rings is 1. The molecule has 0 radical (unpaired) electrons. The largest absolute Gasteiger partial charge is 0.340 e. The summed E-state index contributed by atoms with van der Waals surface area (Å²) >= 11 is 6.07. The molecule has 2 atom stereocenters. The molecule has 27 heavy (non-hydrogen) atoms. The first kappa shape index (κ1) is 22.0. The van der Waals surface area contributed by atoms with Gasteiger partial charge in [-0.3, -0.25) is 14.5 Å². The lowest BCUT2D eigenvalue weighted by atomic mass is 9.92. The summed E-state index contributed by atoms with van der Waals surface area (Å²) in [6.07, 6.45) is 1.84. The molecular formula is C19H28Cl2N4O2. The number of rotatable bonds is 4. The number of carbonyl (C=O) groups is 2. The summed E-state index contributed by atoms with van der Waals surface area (Å²) < 4.78 is 0. The van der Waals surface area contributed by atoms with Gasteiger partial charge in [-0.25, -0.2) is 0 Å². The number of carbonyl (C=O) groups excluding carboxylic acids is 2. The number of piperidine rings is 1. The summed E-state index contributed by atoms with van der Waals surface area (Å²) in [5.74, 6) is 0.338. The molecule has 150 valence electrons. The van der Waals surface area contributed by atoms with Crippen LogP contribution in [0.4, 0.5) is 5.69 Å². The molecular weight excluding hydrogens is 387 g/mol. The van der Waals surface area contributed by atoms with Crippen molar-refractivity contribution in [3.8, 4) is 0 Å². The van der Waals surface area contributed by atoms with E-state index >= 15 is 0 Å². The van der Waals surface area contributed by atoms with Crippen LogP contribution >= 0.6 is 24.0 Å². The van der Waals surface area contributed by atoms with Gasteiger partial charge < -0.3 is 15.5 Å². The second kappa shape index (κ2) is 10.3. The van der Waals surface area contributed by atoms with Crippen LogP contribution in [-0.4, -0.2) is 66.9 Å². The van der Waals surface area contributed by atoms with Crippen molar-refractivity contribution in [2.24, 2.45) is 5.92 Å². The number of amides is 2. The quantitative estimate of drug-likeness (QED) is 0.792. The minimum absolute atomic E-state index is 0. The first-order chi connectivity index (χ1) is 12.5. The molecule has 2 fully saturated rings. The summed E-state index contributed by atoms with van der Waals surface area (Å²) in [5, 5.41) is 6.77. The third kappa shape index (κ3) is 6.07. The van der Waals surface area contributed by atoms with Gasteiger partial charge in [0.15, 0.2) is 0 Å². The molecule has 2 aliphatic rings. The first-order valence-electron chi connectivity index (χ1n) is 9.32. The van der Waals surface area contributed by atoms with Crippen LogP contribution in [0.3, 0.4) is 0 Å². The van der Waals surface area contributed by atoms with E-state index in [4.69, 9.17) is 11.6 Å². The minimum Gasteiger partial charge on any atom is -0.340 e. The Bertz CT molecular complexity index is 650. The molecule has 2 heterocycles. The molecule has 0 spiro atoms. The van der Waals surface area contributed by atoms with E-state index in [0.29, 0.717) is 36.4 Å². The molecule has 0 bridgehead atoms. The van der Waals surface area contributed by atoms with Gasteiger partial charge in [0.05, 0.1) is 17.3 Å². The molecule has 1 aromatic carbocycles. The van der Waals surface area contributed by atoms with Gasteiger partial charge in [-0.1, -0.05) is 23.7 Å². The summed E-state index contributed by atoms with van der Waals surface area (Å²) in [5.41, 5.74) is 0.632. The number of nitrogens with one attached hydrogen (secondary N) is 2. The number of nitrogens with zero attached hydrogens (tertiary/aromatic N) is 2. The van der Waals surface area contributed by atoms with Gasteiger partial charge in [0.1, 0.15) is 0 Å². The minimum atomic E-state index is -0.0787. The predicted octanol–water partition coefficient (Wildman–Crippen LogP) is 2.23. The normalized spacial score (nSPS) is 23.4. The summed E-state index contributed by atoms with van der Waals surface area (Å²) in [6.45, 7) is 6.20. The van der Waals surface area contributed by atoms with Crippen LogP contribution in [0.1, 0.15) is 19.8 Å². The molecule has 0 unspecified atom stereocenters. The van der Waals surface area contributed by atoms with Gasteiger partial charge >= 0.3 is 0 Å². The lowest BCUT2D eigenvalue weighted by Crippen LogP contribution is -2.53. The third-order valence-electron chi connectivity index (χ3n) is 5.17. The molecule has 1 aromatic rings. The second-order valence-corrected chi connectivity index (χ2v) is 7.61. The van der Waals surface area contributed by atoms with Crippen molar-refractivity contribution in [3.63, 3.8) is 0 Å². The highest BCUT2D eigenvalue weighted by Gasteiger charge is 2.30. The Morgan fingerprint density at radius 2 is 1.93 bits per heavy atom. The van der Waals surface area contributed by atoms with E-state index in [2.05, 4.69) is 22.5 Å².